The van der Waals surface area contributed by atoms with E-state index < -0.39 is 11.5 Å². The second-order valence-corrected chi connectivity index (χ2v) is 7.83. The van der Waals surface area contributed by atoms with Gasteiger partial charge in [-0.15, -0.1) is 0 Å². The maximum atomic E-state index is 13.0. The lowest BCUT2D eigenvalue weighted by Crippen LogP contribution is -2.53. The van der Waals surface area contributed by atoms with Gasteiger partial charge >= 0.3 is 0 Å². The maximum Gasteiger partial charge on any atom is 0.279 e. The Kier molecular flexibility index (Phi) is 6.87. The third kappa shape index (κ3) is 4.94. The van der Waals surface area contributed by atoms with Crippen LogP contribution in [0.1, 0.15) is 11.1 Å². The molecular weight excluding hydrogens is 474 g/mol. The average molecular weight is 491 g/mol. The van der Waals surface area contributed by atoms with Gasteiger partial charge in [0.15, 0.2) is 10.7 Å². The van der Waals surface area contributed by atoms with Crippen LogP contribution >= 0.6 is 39.7 Å². The number of rotatable bonds is 4. The monoisotopic (exact) mass is 489 g/mol. The van der Waals surface area contributed by atoms with Crippen molar-refractivity contribution >= 4 is 56.5 Å². The molecule has 0 heterocycles. The number of halogens is 2. The number of benzene rings is 3. The maximum absolute atomic E-state index is 13.0. The fourth-order valence-corrected chi connectivity index (χ4v) is 3.62. The zero-order chi connectivity index (χ0) is 20.9. The Bertz CT molecular complexity index is 979. The van der Waals surface area contributed by atoms with Crippen molar-refractivity contribution in [3.05, 3.63) is 99.5 Å². The summed E-state index contributed by atoms with van der Waals surface area (Å²) in [6.07, 6.45) is 0. The average Bonchev–Trinajstić information content (AvgIpc) is 2.74. The molecule has 29 heavy (non-hydrogen) atoms. The van der Waals surface area contributed by atoms with Gasteiger partial charge < -0.3 is 10.4 Å². The molecule has 0 fully saturated rings. The summed E-state index contributed by atoms with van der Waals surface area (Å²) >= 11 is 14.7. The van der Waals surface area contributed by atoms with Gasteiger partial charge in [-0.05, 0) is 41.5 Å². The second kappa shape index (κ2) is 9.37. The Balaban J connectivity index is 1.76. The summed E-state index contributed by atoms with van der Waals surface area (Å²) in [6.45, 7) is 0. The predicted molar refractivity (Wildman–Crippen MR) is 123 cm³/mol. The van der Waals surface area contributed by atoms with Crippen molar-refractivity contribution in [1.82, 2.24) is 10.9 Å². The molecule has 148 valence electrons. The van der Waals surface area contributed by atoms with Crippen LogP contribution in [-0.4, -0.2) is 16.1 Å². The first-order valence-corrected chi connectivity index (χ1v) is 10.1. The van der Waals surface area contributed by atoms with Crippen LogP contribution in [0, 0.1) is 0 Å². The van der Waals surface area contributed by atoms with E-state index in [-0.39, 0.29) is 5.11 Å². The highest BCUT2D eigenvalue weighted by molar-refractivity contribution is 9.10. The number of hydrazine groups is 1. The first kappa shape index (κ1) is 21.3. The number of amides is 1. The zero-order valence-electron chi connectivity index (χ0n) is 15.0. The van der Waals surface area contributed by atoms with E-state index >= 15 is 0 Å². The molecule has 0 unspecified atom stereocenters. The van der Waals surface area contributed by atoms with E-state index in [0.29, 0.717) is 21.8 Å². The van der Waals surface area contributed by atoms with Gasteiger partial charge in [0.2, 0.25) is 0 Å². The van der Waals surface area contributed by atoms with Crippen LogP contribution in [0.2, 0.25) is 5.02 Å². The second-order valence-electron chi connectivity index (χ2n) is 6.10. The molecule has 8 heteroatoms. The summed E-state index contributed by atoms with van der Waals surface area (Å²) in [6, 6.07) is 22.7. The summed E-state index contributed by atoms with van der Waals surface area (Å²) in [5.41, 5.74) is 4.62. The minimum absolute atomic E-state index is 0.117. The van der Waals surface area contributed by atoms with Crippen molar-refractivity contribution in [3.8, 4) is 0 Å². The van der Waals surface area contributed by atoms with Crippen LogP contribution in [0.3, 0.4) is 0 Å². The van der Waals surface area contributed by atoms with E-state index in [2.05, 4.69) is 32.1 Å². The quantitative estimate of drug-likeness (QED) is 0.323. The summed E-state index contributed by atoms with van der Waals surface area (Å²) in [5.74, 6) is -0.680. The summed E-state index contributed by atoms with van der Waals surface area (Å²) < 4.78 is 0.830. The number of carbonyl (C=O) groups is 1. The van der Waals surface area contributed by atoms with Crippen molar-refractivity contribution in [2.75, 3.05) is 5.32 Å². The molecule has 3 aromatic rings. The smallest absolute Gasteiger partial charge is 0.279 e. The molecule has 3 rings (SSSR count). The number of aliphatic hydroxyl groups is 1. The van der Waals surface area contributed by atoms with Crippen molar-refractivity contribution in [2.45, 2.75) is 5.60 Å². The van der Waals surface area contributed by atoms with Gasteiger partial charge in [-0.3, -0.25) is 15.6 Å². The Morgan fingerprint density at radius 2 is 1.48 bits per heavy atom. The Morgan fingerprint density at radius 3 is 2.00 bits per heavy atom. The topological polar surface area (TPSA) is 73.4 Å². The summed E-state index contributed by atoms with van der Waals surface area (Å²) in [7, 11) is 0. The van der Waals surface area contributed by atoms with Gasteiger partial charge in [0, 0.05) is 4.47 Å². The third-order valence-electron chi connectivity index (χ3n) is 4.18. The van der Waals surface area contributed by atoms with E-state index in [4.69, 9.17) is 23.8 Å². The van der Waals surface area contributed by atoms with Crippen molar-refractivity contribution < 1.29 is 9.90 Å². The fourth-order valence-electron chi connectivity index (χ4n) is 2.74. The molecule has 5 nitrogen and oxygen atoms in total. The van der Waals surface area contributed by atoms with Gasteiger partial charge in [0.1, 0.15) is 0 Å². The first-order valence-electron chi connectivity index (χ1n) is 8.57. The highest BCUT2D eigenvalue weighted by Crippen LogP contribution is 2.30. The van der Waals surface area contributed by atoms with E-state index in [9.17, 15) is 9.90 Å². The summed E-state index contributed by atoms with van der Waals surface area (Å²) in [4.78, 5) is 13.0. The predicted octanol–water partition coefficient (Wildman–Crippen LogP) is 4.36. The van der Waals surface area contributed by atoms with Crippen molar-refractivity contribution in [2.24, 2.45) is 0 Å². The third-order valence-corrected chi connectivity index (χ3v) is 5.19. The lowest BCUT2D eigenvalue weighted by atomic mass is 9.85. The molecule has 0 aliphatic carbocycles. The van der Waals surface area contributed by atoms with Crippen LogP contribution in [0.5, 0.6) is 0 Å². The van der Waals surface area contributed by atoms with Crippen LogP contribution in [-0.2, 0) is 10.4 Å². The van der Waals surface area contributed by atoms with Crippen molar-refractivity contribution in [3.63, 3.8) is 0 Å². The molecule has 0 radical (unpaired) electrons. The summed E-state index contributed by atoms with van der Waals surface area (Å²) in [5, 5.41) is 14.8. The highest BCUT2D eigenvalue weighted by atomic mass is 79.9. The number of thiocarbonyl (C=S) groups is 1. The Morgan fingerprint density at radius 1 is 0.931 bits per heavy atom. The fraction of sp³-hybridized carbons (Fsp3) is 0.0476. The van der Waals surface area contributed by atoms with Gasteiger partial charge in [-0.25, -0.2) is 0 Å². The molecule has 0 aliphatic heterocycles. The van der Waals surface area contributed by atoms with Crippen LogP contribution in [0.25, 0.3) is 0 Å². The molecule has 0 bridgehead atoms. The number of hydrogen-bond acceptors (Lipinski definition) is 3. The number of anilines is 1. The first-order chi connectivity index (χ1) is 13.9. The van der Waals surface area contributed by atoms with E-state index in [1.54, 1.807) is 66.7 Å². The molecular formula is C21H17BrClN3O2S. The van der Waals surface area contributed by atoms with Gasteiger partial charge in [-0.2, -0.15) is 0 Å². The van der Waals surface area contributed by atoms with Gasteiger partial charge in [0.05, 0.1) is 10.7 Å². The number of hydrogen-bond donors (Lipinski definition) is 4. The molecule has 0 aromatic heterocycles. The normalized spacial score (nSPS) is 10.9. The van der Waals surface area contributed by atoms with Crippen LogP contribution in [0.4, 0.5) is 5.69 Å². The standard InChI is InChI=1S/C21H17BrClN3O2S/c22-16-11-12-18(17(23)13-16)24-20(29)26-25-19(27)21(28,14-7-3-1-4-8-14)15-9-5-2-6-10-15/h1-13,28H,(H,25,27)(H2,24,26,29). The molecule has 4 N–H and O–H groups in total. The van der Waals surface area contributed by atoms with Gasteiger partial charge in [-0.1, -0.05) is 88.2 Å². The zero-order valence-corrected chi connectivity index (χ0v) is 18.2. The highest BCUT2D eigenvalue weighted by Gasteiger charge is 2.40. The van der Waals surface area contributed by atoms with Crippen LogP contribution < -0.4 is 16.2 Å². The van der Waals surface area contributed by atoms with Crippen LogP contribution in [0.15, 0.2) is 83.3 Å². The van der Waals surface area contributed by atoms with Gasteiger partial charge in [0.25, 0.3) is 5.91 Å². The van der Waals surface area contributed by atoms with Crippen molar-refractivity contribution in [1.29, 1.82) is 0 Å². The van der Waals surface area contributed by atoms with E-state index in [1.807, 2.05) is 12.1 Å². The van der Waals surface area contributed by atoms with E-state index in [1.165, 1.54) is 0 Å². The molecule has 3 aromatic carbocycles. The lowest BCUT2D eigenvalue weighted by molar-refractivity contribution is -0.137. The molecule has 0 saturated carbocycles. The number of nitrogens with one attached hydrogen (secondary N) is 3. The molecule has 1 amide bonds. The minimum Gasteiger partial charge on any atom is -0.372 e. The SMILES string of the molecule is O=C(NNC(=S)Nc1ccc(Br)cc1Cl)C(O)(c1ccccc1)c1ccccc1. The Hall–Kier alpha value is -2.45. The Labute approximate surface area is 187 Å². The minimum atomic E-state index is -1.90. The molecule has 0 atom stereocenters. The molecule has 0 spiro atoms. The number of carbonyl (C=O) groups excluding carboxylic acids is 1. The lowest BCUT2D eigenvalue weighted by Gasteiger charge is -2.28. The largest absolute Gasteiger partial charge is 0.372 e. The molecule has 0 saturated heterocycles. The molecule has 0 aliphatic rings. The van der Waals surface area contributed by atoms with E-state index in [0.717, 1.165) is 4.47 Å².